The van der Waals surface area contributed by atoms with Gasteiger partial charge in [-0.05, 0) is 97.3 Å². The Morgan fingerprint density at radius 1 is 0.845 bits per heavy atom. The lowest BCUT2D eigenvalue weighted by atomic mass is 10.00. The number of halogens is 2. The minimum Gasteiger partial charge on any atom is -0.496 e. The van der Waals surface area contributed by atoms with Crippen LogP contribution in [-0.4, -0.2) is 71.2 Å². The second-order valence-corrected chi connectivity index (χ2v) is 23.9. The maximum atomic E-state index is 13.9. The van der Waals surface area contributed by atoms with E-state index in [4.69, 9.17) is 28.4 Å². The maximum absolute atomic E-state index is 13.9. The molecule has 8 aromatic rings. The number of aromatic nitrogens is 4. The summed E-state index contributed by atoms with van der Waals surface area (Å²) in [7, 11) is -1.38. The number of para-hydroxylation sites is 1. The highest BCUT2D eigenvalue weighted by atomic mass is 79.9. The Bertz CT molecular complexity index is 3080. The molecule has 0 saturated heterocycles. The number of fused-ring (bicyclic) bond motifs is 1. The molecule has 5 aromatic carbocycles. The summed E-state index contributed by atoms with van der Waals surface area (Å²) < 4.78 is 45.9. The van der Waals surface area contributed by atoms with Gasteiger partial charge in [-0.3, -0.25) is 4.79 Å². The first-order valence-electron chi connectivity index (χ1n) is 22.9. The normalized spacial score (nSPS) is 12.5. The summed E-state index contributed by atoms with van der Waals surface area (Å²) in [6.45, 7) is 8.17. The summed E-state index contributed by atoms with van der Waals surface area (Å²) in [6, 6.07) is 41.4. The van der Waals surface area contributed by atoms with Gasteiger partial charge in [-0.1, -0.05) is 118 Å². The molecule has 2 atom stereocenters. The van der Waals surface area contributed by atoms with Crippen LogP contribution in [0.1, 0.15) is 50.9 Å². The first-order valence-corrected chi connectivity index (χ1v) is 26.5. The number of benzene rings is 5. The smallest absolute Gasteiger partial charge is 0.345 e. The van der Waals surface area contributed by atoms with E-state index >= 15 is 0 Å². The monoisotopic (exact) mass is 1050 g/mol. The molecule has 8 rings (SSSR count). The van der Waals surface area contributed by atoms with E-state index in [9.17, 15) is 19.1 Å². The number of ether oxygens (including phenoxy) is 4. The van der Waals surface area contributed by atoms with Crippen LogP contribution >= 0.6 is 27.3 Å². The number of hydrogen-bond acceptors (Lipinski definition) is 12. The topological polar surface area (TPSA) is 152 Å². The first-order chi connectivity index (χ1) is 34.2. The number of hydrogen-bond donors (Lipinski definition) is 1. The number of carbonyl (C=O) groups excluding carboxylic acids is 1. The average molecular weight is 1060 g/mol. The number of nitrogens with zero attached hydrogens (tertiary/aromatic N) is 4. The van der Waals surface area contributed by atoms with Crippen LogP contribution in [0.5, 0.6) is 17.4 Å². The van der Waals surface area contributed by atoms with Crippen molar-refractivity contribution in [2.24, 2.45) is 0 Å². The maximum Gasteiger partial charge on any atom is 0.345 e. The summed E-state index contributed by atoms with van der Waals surface area (Å²) in [4.78, 5) is 45.2. The highest BCUT2D eigenvalue weighted by Gasteiger charge is 2.50. The molecule has 0 amide bonds. The zero-order valence-corrected chi connectivity index (χ0v) is 43.2. The van der Waals surface area contributed by atoms with Crippen molar-refractivity contribution in [1.82, 2.24) is 19.9 Å². The summed E-state index contributed by atoms with van der Waals surface area (Å²) in [5, 5.41) is 13.2. The van der Waals surface area contributed by atoms with E-state index < -0.39 is 32.5 Å². The molecule has 71 heavy (non-hydrogen) atoms. The molecular weight excluding hydrogens is 1000 g/mol. The zero-order valence-electron chi connectivity index (χ0n) is 39.8. The summed E-state index contributed by atoms with van der Waals surface area (Å²) >= 11 is 5.01. The molecular formula is C55H52BrFN4O8SSi. The number of carboxylic acids is 1. The first kappa shape index (κ1) is 50.5. The van der Waals surface area contributed by atoms with Crippen molar-refractivity contribution in [2.75, 3.05) is 13.7 Å². The minimum atomic E-state index is -2.97. The van der Waals surface area contributed by atoms with Gasteiger partial charge in [0, 0.05) is 19.5 Å². The number of aryl methyl sites for hydroxylation is 1. The highest BCUT2D eigenvalue weighted by molar-refractivity contribution is 9.10. The Balaban J connectivity index is 1.10. The lowest BCUT2D eigenvalue weighted by Gasteiger charge is -2.43. The van der Waals surface area contributed by atoms with Crippen molar-refractivity contribution in [1.29, 1.82) is 0 Å². The van der Waals surface area contributed by atoms with E-state index in [1.807, 2.05) is 72.8 Å². The fourth-order valence-electron chi connectivity index (χ4n) is 8.66. The van der Waals surface area contributed by atoms with Crippen LogP contribution in [0.4, 0.5) is 4.39 Å². The van der Waals surface area contributed by atoms with E-state index in [-0.39, 0.29) is 36.4 Å². The minimum absolute atomic E-state index is 0.0320. The number of aliphatic carboxylic acids is 1. The lowest BCUT2D eigenvalue weighted by Crippen LogP contribution is -2.67. The van der Waals surface area contributed by atoms with Crippen LogP contribution in [0.25, 0.3) is 32.0 Å². The summed E-state index contributed by atoms with van der Waals surface area (Å²) in [6.07, 6.45) is 1.65. The molecule has 0 spiro atoms. The summed E-state index contributed by atoms with van der Waals surface area (Å²) in [5.41, 5.74) is 3.42. The Hall–Kier alpha value is -6.85. The number of methoxy groups -OCH3 is 1. The third-order valence-electron chi connectivity index (χ3n) is 12.0. The van der Waals surface area contributed by atoms with Crippen LogP contribution in [0.15, 0.2) is 150 Å². The van der Waals surface area contributed by atoms with Crippen LogP contribution in [0, 0.1) is 5.82 Å². The molecule has 364 valence electrons. The SMILES string of the molecule is COc1ccccc1-c1nccc(COc2ccc(CC[C@H](CO[Si](c3ccccc3)(c3ccccc3)C(C)(C)C)OC(C)=O)cc2CC(Oc2ncnc3sc(-c4ccc(F)cc4)c(Br)c23)C(=O)O)n1. The Morgan fingerprint density at radius 3 is 2.20 bits per heavy atom. The number of esters is 1. The van der Waals surface area contributed by atoms with Crippen LogP contribution in [-0.2, 0) is 38.2 Å². The van der Waals surface area contributed by atoms with Gasteiger partial charge in [0.1, 0.15) is 41.2 Å². The number of carbonyl (C=O) groups is 2. The van der Waals surface area contributed by atoms with Crippen LogP contribution < -0.4 is 24.6 Å². The van der Waals surface area contributed by atoms with Crippen molar-refractivity contribution in [3.8, 4) is 39.2 Å². The quantitative estimate of drug-likeness (QED) is 0.0571. The average Bonchev–Trinajstić information content (AvgIpc) is 3.71. The third-order valence-corrected chi connectivity index (χ3v) is 19.2. The molecule has 12 nitrogen and oxygen atoms in total. The van der Waals surface area contributed by atoms with Crippen LogP contribution in [0.3, 0.4) is 0 Å². The van der Waals surface area contributed by atoms with Gasteiger partial charge in [-0.15, -0.1) is 11.3 Å². The van der Waals surface area contributed by atoms with Gasteiger partial charge in [0.25, 0.3) is 8.32 Å². The van der Waals surface area contributed by atoms with E-state index in [0.717, 1.165) is 26.4 Å². The van der Waals surface area contributed by atoms with E-state index in [0.29, 0.717) is 61.7 Å². The third kappa shape index (κ3) is 11.7. The zero-order chi connectivity index (χ0) is 50.1. The number of carboxylic acid groups (broad SMARTS) is 1. The fraction of sp³-hybridized carbons (Fsp3) is 0.236. The molecule has 0 aliphatic rings. The van der Waals surface area contributed by atoms with Gasteiger partial charge in [0.05, 0.1) is 39.7 Å². The van der Waals surface area contributed by atoms with Crippen molar-refractivity contribution >= 4 is 68.1 Å². The molecule has 0 aliphatic heterocycles. The standard InChI is InChI=1S/C55H52BrFN4O8SSi/c1-35(62)68-41(33-67-71(55(2,3)4,42-14-8-6-9-15-42)43-16-10-7-11-17-43)26-20-36-21-27-45(66-32-40-28-29-58-51(61-40)44-18-12-13-19-46(44)65-5)38(30-36)31-47(54(63)64)69-52-48-49(56)50(70-53(48)60-34-59-52)37-22-24-39(57)25-23-37/h6-19,21-25,27-30,34,41,47H,20,26,31-33H2,1-5H3,(H,63,64)/t41-,47?/m1/s1. The molecule has 1 N–H and O–H groups in total. The van der Waals surface area contributed by atoms with Gasteiger partial charge < -0.3 is 28.5 Å². The molecule has 0 fully saturated rings. The van der Waals surface area contributed by atoms with Crippen molar-refractivity contribution < 1.29 is 42.5 Å². The van der Waals surface area contributed by atoms with Crippen molar-refractivity contribution in [3.05, 3.63) is 173 Å². The van der Waals surface area contributed by atoms with Gasteiger partial charge in [0.15, 0.2) is 5.82 Å². The molecule has 1 unspecified atom stereocenters. The Morgan fingerprint density at radius 2 is 1.54 bits per heavy atom. The fourth-order valence-corrected chi connectivity index (χ4v) is 15.2. The van der Waals surface area contributed by atoms with E-state index in [2.05, 4.69) is 75.9 Å². The number of thiophene rings is 1. The van der Waals surface area contributed by atoms with Crippen molar-refractivity contribution in [2.45, 2.75) is 70.8 Å². The Kier molecular flexibility index (Phi) is 16.0. The predicted octanol–water partition coefficient (Wildman–Crippen LogP) is 10.8. The van der Waals surface area contributed by atoms with Gasteiger partial charge in [-0.25, -0.2) is 29.1 Å². The van der Waals surface area contributed by atoms with Gasteiger partial charge in [0.2, 0.25) is 12.0 Å². The molecule has 0 radical (unpaired) electrons. The summed E-state index contributed by atoms with van der Waals surface area (Å²) in [5.74, 6) is -0.472. The largest absolute Gasteiger partial charge is 0.496 e. The second-order valence-electron chi connectivity index (χ2n) is 17.8. The van der Waals surface area contributed by atoms with Gasteiger partial charge in [-0.2, -0.15) is 0 Å². The predicted molar refractivity (Wildman–Crippen MR) is 279 cm³/mol. The van der Waals surface area contributed by atoms with Crippen LogP contribution in [0.2, 0.25) is 5.04 Å². The number of rotatable bonds is 20. The highest BCUT2D eigenvalue weighted by Crippen LogP contribution is 2.45. The molecule has 0 aliphatic carbocycles. The van der Waals surface area contributed by atoms with Crippen molar-refractivity contribution in [3.63, 3.8) is 0 Å². The Labute approximate surface area is 425 Å². The molecule has 0 saturated carbocycles. The van der Waals surface area contributed by atoms with E-state index in [1.54, 1.807) is 37.6 Å². The second kappa shape index (κ2) is 22.5. The molecule has 0 bridgehead atoms. The molecule has 3 heterocycles. The molecule has 3 aromatic heterocycles. The van der Waals surface area contributed by atoms with E-state index in [1.165, 1.54) is 36.7 Å². The van der Waals surface area contributed by atoms with Gasteiger partial charge >= 0.3 is 11.9 Å². The molecule has 16 heteroatoms. The lowest BCUT2D eigenvalue weighted by molar-refractivity contribution is -0.148.